The molecule has 0 aromatic heterocycles. The van der Waals surface area contributed by atoms with Crippen molar-refractivity contribution >= 4 is 0 Å². The number of nitrogens with two attached hydrogens (primary N) is 1. The van der Waals surface area contributed by atoms with Crippen molar-refractivity contribution < 1.29 is 9.47 Å². The Labute approximate surface area is 86.3 Å². The van der Waals surface area contributed by atoms with Gasteiger partial charge in [-0.1, -0.05) is 0 Å². The van der Waals surface area contributed by atoms with Crippen LogP contribution in [-0.2, 0) is 9.47 Å². The normalized spacial score (nSPS) is 22.5. The van der Waals surface area contributed by atoms with Gasteiger partial charge in [-0.3, -0.25) is 4.90 Å². The zero-order valence-electron chi connectivity index (χ0n) is 9.29. The van der Waals surface area contributed by atoms with E-state index in [0.29, 0.717) is 13.2 Å². The summed E-state index contributed by atoms with van der Waals surface area (Å²) in [6, 6.07) is 0. The summed E-state index contributed by atoms with van der Waals surface area (Å²) in [4.78, 5) is 2.38. The van der Waals surface area contributed by atoms with Crippen molar-refractivity contribution in [3.63, 3.8) is 0 Å². The Morgan fingerprint density at radius 2 is 2.21 bits per heavy atom. The molecule has 0 spiro atoms. The molecule has 0 unspecified atom stereocenters. The molecule has 1 heterocycles. The fourth-order valence-corrected chi connectivity index (χ4v) is 1.68. The molecule has 14 heavy (non-hydrogen) atoms. The highest BCUT2D eigenvalue weighted by atomic mass is 16.5. The van der Waals surface area contributed by atoms with E-state index in [9.17, 15) is 0 Å². The van der Waals surface area contributed by atoms with Crippen LogP contribution in [0.25, 0.3) is 0 Å². The molecule has 0 aromatic rings. The van der Waals surface area contributed by atoms with Gasteiger partial charge in [0, 0.05) is 26.2 Å². The van der Waals surface area contributed by atoms with E-state index < -0.39 is 0 Å². The maximum absolute atomic E-state index is 5.62. The van der Waals surface area contributed by atoms with E-state index in [1.54, 1.807) is 0 Å². The van der Waals surface area contributed by atoms with Crippen molar-refractivity contribution in [2.75, 3.05) is 46.0 Å². The minimum absolute atomic E-state index is 0.00782. The lowest BCUT2D eigenvalue weighted by molar-refractivity contribution is -0.0898. The third-order valence-electron chi connectivity index (χ3n) is 2.32. The van der Waals surface area contributed by atoms with E-state index in [-0.39, 0.29) is 5.60 Å². The number of hydrogen-bond acceptors (Lipinski definition) is 4. The van der Waals surface area contributed by atoms with E-state index in [1.807, 2.05) is 0 Å². The highest BCUT2D eigenvalue weighted by Gasteiger charge is 2.26. The second-order valence-electron chi connectivity index (χ2n) is 4.29. The van der Waals surface area contributed by atoms with Crippen LogP contribution >= 0.6 is 0 Å². The first-order valence-electron chi connectivity index (χ1n) is 5.28. The number of ether oxygens (including phenoxy) is 2. The predicted octanol–water partition coefficient (Wildman–Crippen LogP) is 0.0725. The molecule has 1 fully saturated rings. The lowest BCUT2D eigenvalue weighted by Crippen LogP contribution is -2.49. The lowest BCUT2D eigenvalue weighted by atomic mass is 10.1. The Morgan fingerprint density at radius 3 is 2.86 bits per heavy atom. The van der Waals surface area contributed by atoms with E-state index in [1.165, 1.54) is 0 Å². The summed E-state index contributed by atoms with van der Waals surface area (Å²) >= 11 is 0. The molecular formula is C10H22N2O2. The van der Waals surface area contributed by atoms with Crippen LogP contribution in [0.15, 0.2) is 0 Å². The van der Waals surface area contributed by atoms with Crippen molar-refractivity contribution in [1.82, 2.24) is 4.90 Å². The molecule has 0 atom stereocenters. The van der Waals surface area contributed by atoms with Crippen LogP contribution < -0.4 is 5.73 Å². The predicted molar refractivity (Wildman–Crippen MR) is 56.3 cm³/mol. The van der Waals surface area contributed by atoms with Crippen molar-refractivity contribution in [3.05, 3.63) is 0 Å². The second kappa shape index (κ2) is 5.66. The summed E-state index contributed by atoms with van der Waals surface area (Å²) < 4.78 is 11.0. The molecule has 0 saturated carbocycles. The van der Waals surface area contributed by atoms with Crippen LogP contribution in [0, 0.1) is 0 Å². The average Bonchev–Trinajstić information content (AvgIpc) is 2.11. The van der Waals surface area contributed by atoms with Gasteiger partial charge < -0.3 is 15.2 Å². The first-order valence-corrected chi connectivity index (χ1v) is 5.28. The van der Waals surface area contributed by atoms with Gasteiger partial charge >= 0.3 is 0 Å². The van der Waals surface area contributed by atoms with Crippen LogP contribution in [0.4, 0.5) is 0 Å². The van der Waals surface area contributed by atoms with Gasteiger partial charge in [-0.25, -0.2) is 0 Å². The van der Waals surface area contributed by atoms with E-state index in [2.05, 4.69) is 18.7 Å². The Morgan fingerprint density at radius 1 is 1.43 bits per heavy atom. The topological polar surface area (TPSA) is 47.7 Å². The van der Waals surface area contributed by atoms with Crippen molar-refractivity contribution in [2.24, 2.45) is 5.73 Å². The molecule has 0 aliphatic carbocycles. The zero-order valence-corrected chi connectivity index (χ0v) is 9.29. The van der Waals surface area contributed by atoms with E-state index in [4.69, 9.17) is 15.2 Å². The maximum atomic E-state index is 5.62. The summed E-state index contributed by atoms with van der Waals surface area (Å²) in [6.45, 7) is 10.1. The molecule has 2 N–H and O–H groups in total. The molecule has 1 aliphatic rings. The molecule has 0 aromatic carbocycles. The molecule has 4 nitrogen and oxygen atoms in total. The van der Waals surface area contributed by atoms with Gasteiger partial charge in [0.15, 0.2) is 0 Å². The number of morpholine rings is 1. The van der Waals surface area contributed by atoms with Gasteiger partial charge in [0.2, 0.25) is 0 Å². The second-order valence-corrected chi connectivity index (χ2v) is 4.29. The molecular weight excluding hydrogens is 180 g/mol. The summed E-state index contributed by atoms with van der Waals surface area (Å²) in [5, 5.41) is 0. The molecule has 1 rings (SSSR count). The van der Waals surface area contributed by atoms with Gasteiger partial charge in [-0.15, -0.1) is 0 Å². The molecule has 0 amide bonds. The fraction of sp³-hybridized carbons (Fsp3) is 1.00. The zero-order chi connectivity index (χ0) is 10.4. The summed E-state index contributed by atoms with van der Waals surface area (Å²) in [5.74, 6) is 0. The highest BCUT2D eigenvalue weighted by Crippen LogP contribution is 2.15. The van der Waals surface area contributed by atoms with Gasteiger partial charge in [0.25, 0.3) is 0 Å². The molecule has 84 valence electrons. The molecule has 1 aliphatic heterocycles. The minimum Gasteiger partial charge on any atom is -0.379 e. The van der Waals surface area contributed by atoms with E-state index in [0.717, 1.165) is 32.8 Å². The SMILES string of the molecule is CC1(C)CN(CCOCCN)CCO1. The fourth-order valence-electron chi connectivity index (χ4n) is 1.68. The van der Waals surface area contributed by atoms with Gasteiger partial charge in [-0.05, 0) is 13.8 Å². The Balaban J connectivity index is 2.12. The maximum Gasteiger partial charge on any atom is 0.0753 e. The third-order valence-corrected chi connectivity index (χ3v) is 2.32. The van der Waals surface area contributed by atoms with Gasteiger partial charge in [0.1, 0.15) is 0 Å². The van der Waals surface area contributed by atoms with Crippen LogP contribution in [-0.4, -0.2) is 56.5 Å². The molecule has 4 heteroatoms. The monoisotopic (exact) mass is 202 g/mol. The van der Waals surface area contributed by atoms with Crippen LogP contribution in [0.5, 0.6) is 0 Å². The largest absolute Gasteiger partial charge is 0.379 e. The quantitative estimate of drug-likeness (QED) is 0.641. The van der Waals surface area contributed by atoms with Crippen molar-refractivity contribution in [3.8, 4) is 0 Å². The first kappa shape index (κ1) is 11.9. The summed E-state index contributed by atoms with van der Waals surface area (Å²) in [6.07, 6.45) is 0. The van der Waals surface area contributed by atoms with Crippen molar-refractivity contribution in [1.29, 1.82) is 0 Å². The summed E-state index contributed by atoms with van der Waals surface area (Å²) in [7, 11) is 0. The Bertz CT molecular complexity index is 162. The van der Waals surface area contributed by atoms with Crippen LogP contribution in [0.1, 0.15) is 13.8 Å². The molecule has 0 bridgehead atoms. The Kier molecular flexibility index (Phi) is 4.81. The molecule has 1 saturated heterocycles. The molecule has 0 radical (unpaired) electrons. The third kappa shape index (κ3) is 4.37. The van der Waals surface area contributed by atoms with Gasteiger partial charge in [0.05, 0.1) is 25.4 Å². The van der Waals surface area contributed by atoms with Crippen molar-refractivity contribution in [2.45, 2.75) is 19.4 Å². The van der Waals surface area contributed by atoms with Gasteiger partial charge in [-0.2, -0.15) is 0 Å². The minimum atomic E-state index is -0.00782. The number of rotatable bonds is 5. The first-order chi connectivity index (χ1) is 6.64. The Hall–Kier alpha value is -0.160. The lowest BCUT2D eigenvalue weighted by Gasteiger charge is -2.38. The highest BCUT2D eigenvalue weighted by molar-refractivity contribution is 4.78. The summed E-state index contributed by atoms with van der Waals surface area (Å²) in [5.41, 5.74) is 5.32. The standard InChI is InChI=1S/C10H22N2O2/c1-10(2)9-12(5-8-14-10)4-7-13-6-3-11/h3-9,11H2,1-2H3. The van der Waals surface area contributed by atoms with Crippen LogP contribution in [0.2, 0.25) is 0 Å². The van der Waals surface area contributed by atoms with E-state index >= 15 is 0 Å². The number of nitrogens with zero attached hydrogens (tertiary/aromatic N) is 1. The number of hydrogen-bond donors (Lipinski definition) is 1. The average molecular weight is 202 g/mol. The van der Waals surface area contributed by atoms with Crippen LogP contribution in [0.3, 0.4) is 0 Å². The smallest absolute Gasteiger partial charge is 0.0753 e.